The average Bonchev–Trinajstić information content (AvgIpc) is 2.82. The Bertz CT molecular complexity index is 476. The third-order valence-corrected chi connectivity index (χ3v) is 2.94. The molecule has 0 saturated heterocycles. The number of hydrogen-bond acceptors (Lipinski definition) is 1. The first-order chi connectivity index (χ1) is 7.72. The lowest BCUT2D eigenvalue weighted by molar-refractivity contribution is 0.414. The van der Waals surface area contributed by atoms with Gasteiger partial charge in [0.1, 0.15) is 5.75 Å². The van der Waals surface area contributed by atoms with Gasteiger partial charge in [0.2, 0.25) is 0 Å². The molecule has 1 aromatic carbocycles. The van der Waals surface area contributed by atoms with Gasteiger partial charge in [0, 0.05) is 0 Å². The molecular formula is C15H16O. The van der Waals surface area contributed by atoms with Crippen molar-refractivity contribution in [2.45, 2.75) is 13.8 Å². The molecule has 16 heavy (non-hydrogen) atoms. The predicted molar refractivity (Wildman–Crippen MR) is 68.6 cm³/mol. The number of benzene rings is 1. The van der Waals surface area contributed by atoms with Crippen LogP contribution in [0, 0.1) is 6.92 Å². The molecule has 0 aliphatic heterocycles. The van der Waals surface area contributed by atoms with Crippen molar-refractivity contribution in [2.75, 3.05) is 7.11 Å². The van der Waals surface area contributed by atoms with Crippen LogP contribution in [-0.2, 0) is 0 Å². The molecule has 0 N–H and O–H groups in total. The van der Waals surface area contributed by atoms with E-state index in [9.17, 15) is 0 Å². The normalized spacial score (nSPS) is 13.3. The van der Waals surface area contributed by atoms with Crippen molar-refractivity contribution in [2.24, 2.45) is 0 Å². The Balaban J connectivity index is 2.51. The molecular weight excluding hydrogens is 196 g/mol. The summed E-state index contributed by atoms with van der Waals surface area (Å²) in [5.74, 6) is 0.909. The lowest BCUT2D eigenvalue weighted by Gasteiger charge is -2.10. The van der Waals surface area contributed by atoms with Crippen molar-refractivity contribution in [3.8, 4) is 5.75 Å². The van der Waals surface area contributed by atoms with Crippen LogP contribution in [0.3, 0.4) is 0 Å². The monoisotopic (exact) mass is 212 g/mol. The molecule has 0 bridgehead atoms. The van der Waals surface area contributed by atoms with E-state index in [0.717, 1.165) is 5.75 Å². The van der Waals surface area contributed by atoms with Crippen LogP contribution in [0.5, 0.6) is 5.75 Å². The van der Waals surface area contributed by atoms with Gasteiger partial charge < -0.3 is 4.74 Å². The molecule has 2 rings (SSSR count). The first kappa shape index (κ1) is 10.7. The maximum atomic E-state index is 5.26. The highest BCUT2D eigenvalue weighted by Gasteiger charge is 2.06. The Morgan fingerprint density at radius 3 is 2.44 bits per heavy atom. The van der Waals surface area contributed by atoms with Gasteiger partial charge in [0.15, 0.2) is 0 Å². The fraction of sp³-hybridized carbons (Fsp3) is 0.200. The van der Waals surface area contributed by atoms with E-state index in [1.54, 1.807) is 7.11 Å². The summed E-state index contributed by atoms with van der Waals surface area (Å²) < 4.78 is 5.26. The second-order valence-corrected chi connectivity index (χ2v) is 3.98. The Labute approximate surface area is 96.8 Å². The Hall–Kier alpha value is -1.76. The highest BCUT2D eigenvalue weighted by Crippen LogP contribution is 2.28. The smallest absolute Gasteiger partial charge is 0.119 e. The maximum Gasteiger partial charge on any atom is 0.119 e. The van der Waals surface area contributed by atoms with E-state index in [-0.39, 0.29) is 0 Å². The SMILES string of the molecule is COc1ccc(C)c(C(C)=C2C=CC=C2)c1. The molecule has 0 aromatic heterocycles. The van der Waals surface area contributed by atoms with Crippen LogP contribution >= 0.6 is 0 Å². The Morgan fingerprint density at radius 2 is 1.81 bits per heavy atom. The Kier molecular flexibility index (Phi) is 2.95. The van der Waals surface area contributed by atoms with Gasteiger partial charge in [-0.3, -0.25) is 0 Å². The van der Waals surface area contributed by atoms with Crippen LogP contribution in [0.25, 0.3) is 5.57 Å². The molecule has 0 radical (unpaired) electrons. The van der Waals surface area contributed by atoms with Crippen molar-refractivity contribution in [1.82, 2.24) is 0 Å². The van der Waals surface area contributed by atoms with E-state index >= 15 is 0 Å². The zero-order chi connectivity index (χ0) is 11.5. The van der Waals surface area contributed by atoms with E-state index in [4.69, 9.17) is 4.74 Å². The van der Waals surface area contributed by atoms with Crippen LogP contribution in [-0.4, -0.2) is 7.11 Å². The van der Waals surface area contributed by atoms with Gasteiger partial charge in [0.25, 0.3) is 0 Å². The lowest BCUT2D eigenvalue weighted by atomic mass is 9.97. The lowest BCUT2D eigenvalue weighted by Crippen LogP contribution is -1.91. The molecule has 1 aromatic rings. The second kappa shape index (κ2) is 4.40. The summed E-state index contributed by atoms with van der Waals surface area (Å²) in [6.07, 6.45) is 8.39. The second-order valence-electron chi connectivity index (χ2n) is 3.98. The summed E-state index contributed by atoms with van der Waals surface area (Å²) in [6, 6.07) is 6.19. The molecule has 0 amide bonds. The summed E-state index contributed by atoms with van der Waals surface area (Å²) in [4.78, 5) is 0. The number of rotatable bonds is 2. The number of allylic oxidation sites excluding steroid dienone is 6. The third-order valence-electron chi connectivity index (χ3n) is 2.94. The minimum atomic E-state index is 0.909. The fourth-order valence-corrected chi connectivity index (χ4v) is 1.91. The quantitative estimate of drug-likeness (QED) is 0.722. The van der Waals surface area contributed by atoms with Crippen molar-refractivity contribution >= 4 is 5.57 Å². The van der Waals surface area contributed by atoms with E-state index in [0.29, 0.717) is 0 Å². The zero-order valence-electron chi connectivity index (χ0n) is 9.95. The maximum absolute atomic E-state index is 5.26. The van der Waals surface area contributed by atoms with Gasteiger partial charge in [-0.05, 0) is 48.3 Å². The molecule has 0 atom stereocenters. The summed E-state index contributed by atoms with van der Waals surface area (Å²) in [6.45, 7) is 4.28. The fourth-order valence-electron chi connectivity index (χ4n) is 1.91. The molecule has 1 aliphatic carbocycles. The van der Waals surface area contributed by atoms with Crippen LogP contribution in [0.4, 0.5) is 0 Å². The highest BCUT2D eigenvalue weighted by molar-refractivity contribution is 5.75. The molecule has 1 nitrogen and oxygen atoms in total. The number of hydrogen-bond donors (Lipinski definition) is 0. The van der Waals surface area contributed by atoms with Gasteiger partial charge in [-0.15, -0.1) is 0 Å². The van der Waals surface area contributed by atoms with Gasteiger partial charge in [-0.2, -0.15) is 0 Å². The number of ether oxygens (including phenoxy) is 1. The predicted octanol–water partition coefficient (Wildman–Crippen LogP) is 3.90. The van der Waals surface area contributed by atoms with Crippen molar-refractivity contribution in [3.63, 3.8) is 0 Å². The van der Waals surface area contributed by atoms with Crippen LogP contribution in [0.15, 0.2) is 48.1 Å². The van der Waals surface area contributed by atoms with E-state index in [2.05, 4.69) is 50.3 Å². The van der Waals surface area contributed by atoms with Crippen molar-refractivity contribution in [1.29, 1.82) is 0 Å². The third kappa shape index (κ3) is 1.94. The van der Waals surface area contributed by atoms with E-state index in [1.165, 1.54) is 22.3 Å². The molecule has 0 spiro atoms. The van der Waals surface area contributed by atoms with E-state index < -0.39 is 0 Å². The van der Waals surface area contributed by atoms with Gasteiger partial charge >= 0.3 is 0 Å². The van der Waals surface area contributed by atoms with Crippen molar-refractivity contribution in [3.05, 3.63) is 59.2 Å². The highest BCUT2D eigenvalue weighted by atomic mass is 16.5. The topological polar surface area (TPSA) is 9.23 Å². The summed E-state index contributed by atoms with van der Waals surface area (Å²) in [5, 5.41) is 0. The van der Waals surface area contributed by atoms with Crippen LogP contribution < -0.4 is 4.74 Å². The zero-order valence-corrected chi connectivity index (χ0v) is 9.95. The average molecular weight is 212 g/mol. The van der Waals surface area contributed by atoms with Gasteiger partial charge in [-0.25, -0.2) is 0 Å². The van der Waals surface area contributed by atoms with Gasteiger partial charge in [-0.1, -0.05) is 30.4 Å². The molecule has 0 heterocycles. The molecule has 1 heteroatoms. The first-order valence-electron chi connectivity index (χ1n) is 5.43. The Morgan fingerprint density at radius 1 is 1.12 bits per heavy atom. The largest absolute Gasteiger partial charge is 0.497 e. The summed E-state index contributed by atoms with van der Waals surface area (Å²) >= 11 is 0. The number of methoxy groups -OCH3 is 1. The molecule has 0 unspecified atom stereocenters. The molecule has 0 saturated carbocycles. The first-order valence-corrected chi connectivity index (χ1v) is 5.43. The van der Waals surface area contributed by atoms with Gasteiger partial charge in [0.05, 0.1) is 7.11 Å². The van der Waals surface area contributed by atoms with E-state index in [1.807, 2.05) is 6.07 Å². The summed E-state index contributed by atoms with van der Waals surface area (Å²) in [5.41, 5.74) is 5.10. The minimum absolute atomic E-state index is 0.909. The van der Waals surface area contributed by atoms with Crippen molar-refractivity contribution < 1.29 is 4.74 Å². The minimum Gasteiger partial charge on any atom is -0.497 e. The summed E-state index contributed by atoms with van der Waals surface area (Å²) in [7, 11) is 1.70. The number of aryl methyl sites for hydroxylation is 1. The molecule has 0 fully saturated rings. The van der Waals surface area contributed by atoms with Crippen LogP contribution in [0.2, 0.25) is 0 Å². The molecule has 82 valence electrons. The van der Waals surface area contributed by atoms with Crippen LogP contribution in [0.1, 0.15) is 18.1 Å². The standard InChI is InChI=1S/C15H16O/c1-11-8-9-14(16-3)10-15(11)12(2)13-6-4-5-7-13/h4-10H,1-3H3. The molecule has 1 aliphatic rings.